The van der Waals surface area contributed by atoms with Gasteiger partial charge in [0, 0.05) is 18.0 Å². The summed E-state index contributed by atoms with van der Waals surface area (Å²) in [6.45, 7) is 4.22. The lowest BCUT2D eigenvalue weighted by Gasteiger charge is -2.32. The third kappa shape index (κ3) is 2.23. The smallest absolute Gasteiger partial charge is 0.327 e. The fourth-order valence-corrected chi connectivity index (χ4v) is 3.81. The SMILES string of the molecule is CC1(C)CCCC1C(=O)N1c2ccccc2CC1C(=O)O. The maximum absolute atomic E-state index is 13.0. The second-order valence-corrected chi connectivity index (χ2v) is 6.83. The lowest BCUT2D eigenvalue weighted by Crippen LogP contribution is -2.47. The van der Waals surface area contributed by atoms with Gasteiger partial charge in [-0.25, -0.2) is 4.79 Å². The minimum Gasteiger partial charge on any atom is -0.480 e. The van der Waals surface area contributed by atoms with Crippen LogP contribution >= 0.6 is 0 Å². The molecule has 1 fully saturated rings. The Hall–Kier alpha value is -1.84. The number of nitrogens with zero attached hydrogens (tertiary/aromatic N) is 1. The molecule has 4 heteroatoms. The number of carboxylic acid groups (broad SMARTS) is 1. The number of para-hydroxylation sites is 1. The van der Waals surface area contributed by atoms with Crippen LogP contribution < -0.4 is 4.90 Å². The number of aliphatic carboxylic acids is 1. The molecular formula is C17H21NO3. The highest BCUT2D eigenvalue weighted by molar-refractivity contribution is 6.03. The van der Waals surface area contributed by atoms with Gasteiger partial charge in [-0.05, 0) is 29.9 Å². The summed E-state index contributed by atoms with van der Waals surface area (Å²) < 4.78 is 0. The second-order valence-electron chi connectivity index (χ2n) is 6.83. The Labute approximate surface area is 124 Å². The highest BCUT2D eigenvalue weighted by atomic mass is 16.4. The molecule has 0 bridgehead atoms. The van der Waals surface area contributed by atoms with Crippen molar-refractivity contribution in [2.75, 3.05) is 4.90 Å². The molecule has 3 rings (SSSR count). The van der Waals surface area contributed by atoms with Crippen molar-refractivity contribution in [3.8, 4) is 0 Å². The van der Waals surface area contributed by atoms with E-state index in [1.807, 2.05) is 24.3 Å². The summed E-state index contributed by atoms with van der Waals surface area (Å²) in [6, 6.07) is 6.77. The predicted octanol–water partition coefficient (Wildman–Crippen LogP) is 2.86. The summed E-state index contributed by atoms with van der Waals surface area (Å²) in [5.41, 5.74) is 1.68. The molecule has 0 spiro atoms. The average Bonchev–Trinajstić information content (AvgIpc) is 2.98. The maximum atomic E-state index is 13.0. The van der Waals surface area contributed by atoms with Crippen molar-refractivity contribution in [2.24, 2.45) is 11.3 Å². The van der Waals surface area contributed by atoms with Crippen LogP contribution in [0.25, 0.3) is 0 Å². The lowest BCUT2D eigenvalue weighted by atomic mass is 9.81. The van der Waals surface area contributed by atoms with Gasteiger partial charge in [0.1, 0.15) is 6.04 Å². The number of hydrogen-bond acceptors (Lipinski definition) is 2. The van der Waals surface area contributed by atoms with Gasteiger partial charge in [0.2, 0.25) is 5.91 Å². The summed E-state index contributed by atoms with van der Waals surface area (Å²) in [5, 5.41) is 9.48. The van der Waals surface area contributed by atoms with Gasteiger partial charge < -0.3 is 5.11 Å². The van der Waals surface area contributed by atoms with Gasteiger partial charge in [-0.1, -0.05) is 38.5 Å². The summed E-state index contributed by atoms with van der Waals surface area (Å²) in [5.74, 6) is -1.02. The predicted molar refractivity (Wildman–Crippen MR) is 80.2 cm³/mol. The van der Waals surface area contributed by atoms with Crippen molar-refractivity contribution < 1.29 is 14.7 Å². The molecule has 1 amide bonds. The van der Waals surface area contributed by atoms with Crippen LogP contribution in [0.5, 0.6) is 0 Å². The van der Waals surface area contributed by atoms with Crippen LogP contribution in [0.4, 0.5) is 5.69 Å². The van der Waals surface area contributed by atoms with Gasteiger partial charge >= 0.3 is 5.97 Å². The molecule has 0 aromatic heterocycles. The zero-order valence-electron chi connectivity index (χ0n) is 12.5. The normalized spacial score (nSPS) is 26.7. The van der Waals surface area contributed by atoms with Crippen molar-refractivity contribution >= 4 is 17.6 Å². The number of carbonyl (C=O) groups excluding carboxylic acids is 1. The number of carbonyl (C=O) groups is 2. The molecule has 4 nitrogen and oxygen atoms in total. The monoisotopic (exact) mass is 287 g/mol. The van der Waals surface area contributed by atoms with Crippen LogP contribution in [-0.4, -0.2) is 23.0 Å². The molecule has 1 saturated carbocycles. The van der Waals surface area contributed by atoms with Crippen LogP contribution in [0, 0.1) is 11.3 Å². The van der Waals surface area contributed by atoms with E-state index in [-0.39, 0.29) is 17.2 Å². The van der Waals surface area contributed by atoms with Crippen molar-refractivity contribution in [1.29, 1.82) is 0 Å². The first-order chi connectivity index (χ1) is 9.92. The molecule has 1 aliphatic heterocycles. The van der Waals surface area contributed by atoms with Crippen LogP contribution in [0.15, 0.2) is 24.3 Å². The molecule has 112 valence electrons. The van der Waals surface area contributed by atoms with Crippen molar-refractivity contribution in [2.45, 2.75) is 45.6 Å². The standard InChI is InChI=1S/C17H21NO3/c1-17(2)9-5-7-12(17)15(19)18-13-8-4-3-6-11(13)10-14(18)16(20)21/h3-4,6,8,12,14H,5,7,9-10H2,1-2H3,(H,20,21). The van der Waals surface area contributed by atoms with E-state index in [0.29, 0.717) is 6.42 Å². The largest absolute Gasteiger partial charge is 0.480 e. The van der Waals surface area contributed by atoms with Crippen molar-refractivity contribution in [3.05, 3.63) is 29.8 Å². The average molecular weight is 287 g/mol. The second kappa shape index (κ2) is 4.86. The van der Waals surface area contributed by atoms with Gasteiger partial charge in [0.15, 0.2) is 0 Å². The Morgan fingerprint density at radius 1 is 1.29 bits per heavy atom. The van der Waals surface area contributed by atoms with E-state index in [2.05, 4.69) is 13.8 Å². The lowest BCUT2D eigenvalue weighted by molar-refractivity contribution is -0.140. The van der Waals surface area contributed by atoms with Crippen molar-refractivity contribution in [1.82, 2.24) is 0 Å². The molecule has 1 aliphatic carbocycles. The Morgan fingerprint density at radius 2 is 2.00 bits per heavy atom. The number of hydrogen-bond donors (Lipinski definition) is 1. The molecule has 2 aliphatic rings. The molecule has 2 atom stereocenters. The Morgan fingerprint density at radius 3 is 2.62 bits per heavy atom. The third-order valence-electron chi connectivity index (χ3n) is 5.05. The minimum atomic E-state index is -0.921. The number of carboxylic acids is 1. The first-order valence-electron chi connectivity index (χ1n) is 7.55. The first kappa shape index (κ1) is 14.1. The van der Waals surface area contributed by atoms with Gasteiger partial charge in [0.05, 0.1) is 0 Å². The van der Waals surface area contributed by atoms with E-state index in [9.17, 15) is 14.7 Å². The molecule has 1 N–H and O–H groups in total. The molecular weight excluding hydrogens is 266 g/mol. The van der Waals surface area contributed by atoms with E-state index >= 15 is 0 Å². The number of fused-ring (bicyclic) bond motifs is 1. The highest BCUT2D eigenvalue weighted by Gasteiger charge is 2.46. The molecule has 2 unspecified atom stereocenters. The van der Waals surface area contributed by atoms with E-state index in [0.717, 1.165) is 30.5 Å². The Balaban J connectivity index is 1.98. The van der Waals surface area contributed by atoms with E-state index in [1.165, 1.54) is 4.90 Å². The molecule has 0 saturated heterocycles. The summed E-state index contributed by atoms with van der Waals surface area (Å²) in [6.07, 6.45) is 3.33. The van der Waals surface area contributed by atoms with E-state index in [1.54, 1.807) is 0 Å². The number of rotatable bonds is 2. The number of benzene rings is 1. The van der Waals surface area contributed by atoms with Gasteiger partial charge in [-0.2, -0.15) is 0 Å². The maximum Gasteiger partial charge on any atom is 0.327 e. The summed E-state index contributed by atoms with van der Waals surface area (Å²) in [7, 11) is 0. The van der Waals surface area contributed by atoms with Crippen LogP contribution in [0.1, 0.15) is 38.7 Å². The van der Waals surface area contributed by atoms with E-state index in [4.69, 9.17) is 0 Å². The first-order valence-corrected chi connectivity index (χ1v) is 7.55. The molecule has 1 heterocycles. The quantitative estimate of drug-likeness (QED) is 0.910. The third-order valence-corrected chi connectivity index (χ3v) is 5.05. The van der Waals surface area contributed by atoms with Crippen LogP contribution in [-0.2, 0) is 16.0 Å². The topological polar surface area (TPSA) is 57.6 Å². The van der Waals surface area contributed by atoms with Gasteiger partial charge in [-0.3, -0.25) is 9.69 Å². The van der Waals surface area contributed by atoms with E-state index < -0.39 is 12.0 Å². The Bertz CT molecular complexity index is 593. The zero-order chi connectivity index (χ0) is 15.2. The summed E-state index contributed by atoms with van der Waals surface area (Å²) in [4.78, 5) is 26.1. The molecule has 21 heavy (non-hydrogen) atoms. The summed E-state index contributed by atoms with van der Waals surface area (Å²) >= 11 is 0. The fraction of sp³-hybridized carbons (Fsp3) is 0.529. The zero-order valence-corrected chi connectivity index (χ0v) is 12.5. The van der Waals surface area contributed by atoms with Crippen molar-refractivity contribution in [3.63, 3.8) is 0 Å². The minimum absolute atomic E-state index is 0.0187. The molecule has 0 radical (unpaired) electrons. The number of anilines is 1. The Kier molecular flexibility index (Phi) is 3.27. The molecule has 1 aromatic carbocycles. The fourth-order valence-electron chi connectivity index (χ4n) is 3.81. The van der Waals surface area contributed by atoms with Crippen LogP contribution in [0.3, 0.4) is 0 Å². The molecule has 1 aromatic rings. The highest BCUT2D eigenvalue weighted by Crippen LogP contribution is 2.45. The number of amides is 1. The van der Waals surface area contributed by atoms with Gasteiger partial charge in [0.25, 0.3) is 0 Å². The van der Waals surface area contributed by atoms with Crippen LogP contribution in [0.2, 0.25) is 0 Å². The van der Waals surface area contributed by atoms with Gasteiger partial charge in [-0.15, -0.1) is 0 Å².